The number of piperazine rings is 1. The Labute approximate surface area is 143 Å². The lowest BCUT2D eigenvalue weighted by atomic mass is 9.89. The Kier molecular flexibility index (Phi) is 4.58. The highest BCUT2D eigenvalue weighted by atomic mass is 16.4. The van der Waals surface area contributed by atoms with Crippen LogP contribution >= 0.6 is 0 Å². The number of carbonyl (C=O) groups is 1. The van der Waals surface area contributed by atoms with Crippen molar-refractivity contribution in [1.82, 2.24) is 4.90 Å². The van der Waals surface area contributed by atoms with Crippen LogP contribution in [-0.4, -0.2) is 42.2 Å². The largest absolute Gasteiger partial charge is 0.480 e. The van der Waals surface area contributed by atoms with Gasteiger partial charge in [-0.05, 0) is 31.0 Å². The van der Waals surface area contributed by atoms with Crippen molar-refractivity contribution in [2.75, 3.05) is 31.1 Å². The fourth-order valence-electron chi connectivity index (χ4n) is 3.52. The maximum Gasteiger partial charge on any atom is 0.328 e. The van der Waals surface area contributed by atoms with Crippen molar-refractivity contribution in [2.24, 2.45) is 0 Å². The molecule has 126 valence electrons. The molecule has 0 aliphatic carbocycles. The monoisotopic (exact) mass is 324 g/mol. The van der Waals surface area contributed by atoms with Crippen LogP contribution in [0.5, 0.6) is 0 Å². The standard InChI is InChI=1S/C20H24N2O2/c1-16-8-6-7-11-18(16)21-12-14-22(15-13-21)20(2,19(23)24)17-9-4-3-5-10-17/h3-11H,12-15H2,1-2H3,(H,23,24). The first-order chi connectivity index (χ1) is 11.5. The summed E-state index contributed by atoms with van der Waals surface area (Å²) in [6.07, 6.45) is 0. The van der Waals surface area contributed by atoms with Gasteiger partial charge in [-0.25, -0.2) is 4.79 Å². The maximum atomic E-state index is 12.1. The minimum Gasteiger partial charge on any atom is -0.480 e. The van der Waals surface area contributed by atoms with Crippen LogP contribution in [0.25, 0.3) is 0 Å². The molecule has 1 N–H and O–H groups in total. The lowest BCUT2D eigenvalue weighted by Crippen LogP contribution is -2.57. The van der Waals surface area contributed by atoms with E-state index in [9.17, 15) is 9.90 Å². The molecule has 1 unspecified atom stereocenters. The Hall–Kier alpha value is -2.33. The van der Waals surface area contributed by atoms with E-state index < -0.39 is 11.5 Å². The van der Waals surface area contributed by atoms with E-state index in [1.54, 1.807) is 0 Å². The first-order valence-corrected chi connectivity index (χ1v) is 8.38. The normalized spacial score (nSPS) is 18.2. The number of aliphatic carboxylic acids is 1. The van der Waals surface area contributed by atoms with Crippen LogP contribution in [0.1, 0.15) is 18.1 Å². The van der Waals surface area contributed by atoms with Crippen molar-refractivity contribution in [3.63, 3.8) is 0 Å². The molecule has 0 bridgehead atoms. The SMILES string of the molecule is Cc1ccccc1N1CCN(C(C)(C(=O)O)c2ccccc2)CC1. The Morgan fingerprint density at radius 3 is 2.12 bits per heavy atom. The molecule has 0 saturated carbocycles. The zero-order valence-corrected chi connectivity index (χ0v) is 14.3. The number of carboxylic acids is 1. The second-order valence-electron chi connectivity index (χ2n) is 6.50. The predicted octanol–water partition coefficient (Wildman–Crippen LogP) is 3.12. The van der Waals surface area contributed by atoms with E-state index >= 15 is 0 Å². The van der Waals surface area contributed by atoms with Gasteiger partial charge in [-0.2, -0.15) is 0 Å². The van der Waals surface area contributed by atoms with Crippen LogP contribution < -0.4 is 4.90 Å². The molecule has 24 heavy (non-hydrogen) atoms. The average Bonchev–Trinajstić information content (AvgIpc) is 2.62. The summed E-state index contributed by atoms with van der Waals surface area (Å²) in [5.41, 5.74) is 2.35. The topological polar surface area (TPSA) is 43.8 Å². The number of aryl methyl sites for hydroxylation is 1. The molecule has 4 heteroatoms. The molecule has 1 atom stereocenters. The molecule has 0 spiro atoms. The zero-order valence-electron chi connectivity index (χ0n) is 14.3. The second kappa shape index (κ2) is 6.65. The number of benzene rings is 2. The van der Waals surface area contributed by atoms with Gasteiger partial charge in [-0.3, -0.25) is 4.90 Å². The quantitative estimate of drug-likeness (QED) is 0.938. The summed E-state index contributed by atoms with van der Waals surface area (Å²) < 4.78 is 0. The molecule has 4 nitrogen and oxygen atoms in total. The van der Waals surface area contributed by atoms with Crippen molar-refractivity contribution >= 4 is 11.7 Å². The van der Waals surface area contributed by atoms with Crippen molar-refractivity contribution < 1.29 is 9.90 Å². The van der Waals surface area contributed by atoms with Gasteiger partial charge >= 0.3 is 5.97 Å². The van der Waals surface area contributed by atoms with Gasteiger partial charge in [0.1, 0.15) is 5.54 Å². The number of hydrogen-bond donors (Lipinski definition) is 1. The number of rotatable bonds is 4. The van der Waals surface area contributed by atoms with E-state index in [4.69, 9.17) is 0 Å². The van der Waals surface area contributed by atoms with E-state index in [-0.39, 0.29) is 0 Å². The van der Waals surface area contributed by atoms with Gasteiger partial charge < -0.3 is 10.0 Å². The van der Waals surface area contributed by atoms with Crippen LogP contribution in [-0.2, 0) is 10.3 Å². The maximum absolute atomic E-state index is 12.1. The van der Waals surface area contributed by atoms with Gasteiger partial charge in [0, 0.05) is 31.9 Å². The van der Waals surface area contributed by atoms with Crippen LogP contribution in [0.15, 0.2) is 54.6 Å². The van der Waals surface area contributed by atoms with E-state index in [2.05, 4.69) is 34.9 Å². The summed E-state index contributed by atoms with van der Waals surface area (Å²) >= 11 is 0. The third-order valence-corrected chi connectivity index (χ3v) is 5.12. The fraction of sp³-hybridized carbons (Fsp3) is 0.350. The van der Waals surface area contributed by atoms with Gasteiger partial charge in [0.15, 0.2) is 0 Å². The molecule has 1 heterocycles. The molecule has 1 aliphatic heterocycles. The Bertz CT molecular complexity index is 709. The van der Waals surface area contributed by atoms with Crippen LogP contribution in [0.2, 0.25) is 0 Å². The molecule has 1 saturated heterocycles. The van der Waals surface area contributed by atoms with Crippen LogP contribution in [0.4, 0.5) is 5.69 Å². The zero-order chi connectivity index (χ0) is 17.2. The molecule has 3 rings (SSSR count). The van der Waals surface area contributed by atoms with E-state index in [0.29, 0.717) is 0 Å². The third-order valence-electron chi connectivity index (χ3n) is 5.12. The van der Waals surface area contributed by atoms with Gasteiger partial charge in [0.25, 0.3) is 0 Å². The summed E-state index contributed by atoms with van der Waals surface area (Å²) in [4.78, 5) is 16.5. The van der Waals surface area contributed by atoms with E-state index in [1.807, 2.05) is 43.3 Å². The average molecular weight is 324 g/mol. The summed E-state index contributed by atoms with van der Waals surface area (Å²) in [6, 6.07) is 17.9. The van der Waals surface area contributed by atoms with Crippen LogP contribution in [0, 0.1) is 6.92 Å². The van der Waals surface area contributed by atoms with Crippen molar-refractivity contribution in [3.05, 3.63) is 65.7 Å². The van der Waals surface area contributed by atoms with Gasteiger partial charge in [0.2, 0.25) is 0 Å². The smallest absolute Gasteiger partial charge is 0.328 e. The summed E-state index contributed by atoms with van der Waals surface area (Å²) in [7, 11) is 0. The number of nitrogens with zero attached hydrogens (tertiary/aromatic N) is 2. The number of para-hydroxylation sites is 1. The summed E-state index contributed by atoms with van der Waals surface area (Å²) in [5.74, 6) is -0.793. The summed E-state index contributed by atoms with van der Waals surface area (Å²) in [5, 5.41) is 9.91. The third kappa shape index (κ3) is 2.89. The Balaban J connectivity index is 1.80. The lowest BCUT2D eigenvalue weighted by Gasteiger charge is -2.44. The molecule has 0 radical (unpaired) electrons. The highest BCUT2D eigenvalue weighted by Gasteiger charge is 2.42. The van der Waals surface area contributed by atoms with Gasteiger partial charge in [-0.15, -0.1) is 0 Å². The highest BCUT2D eigenvalue weighted by Crippen LogP contribution is 2.31. The predicted molar refractivity (Wildman–Crippen MR) is 96.4 cm³/mol. The fourth-order valence-corrected chi connectivity index (χ4v) is 3.52. The lowest BCUT2D eigenvalue weighted by molar-refractivity contribution is -0.151. The Morgan fingerprint density at radius 2 is 1.54 bits per heavy atom. The van der Waals surface area contributed by atoms with Crippen molar-refractivity contribution in [2.45, 2.75) is 19.4 Å². The minimum absolute atomic E-state index is 0.728. The van der Waals surface area contributed by atoms with Gasteiger partial charge in [0.05, 0.1) is 0 Å². The molecule has 0 amide bonds. The highest BCUT2D eigenvalue weighted by molar-refractivity contribution is 5.80. The second-order valence-corrected chi connectivity index (χ2v) is 6.50. The summed E-state index contributed by atoms with van der Waals surface area (Å²) in [6.45, 7) is 7.06. The molecule has 1 aliphatic rings. The molecule has 2 aromatic carbocycles. The Morgan fingerprint density at radius 1 is 0.958 bits per heavy atom. The van der Waals surface area contributed by atoms with Gasteiger partial charge in [-0.1, -0.05) is 48.5 Å². The minimum atomic E-state index is -0.987. The number of hydrogen-bond acceptors (Lipinski definition) is 3. The van der Waals surface area contributed by atoms with E-state index in [0.717, 1.165) is 31.7 Å². The first kappa shape index (κ1) is 16.5. The van der Waals surface area contributed by atoms with Crippen molar-refractivity contribution in [3.8, 4) is 0 Å². The molecule has 2 aromatic rings. The molecule has 1 fully saturated rings. The van der Waals surface area contributed by atoms with Crippen molar-refractivity contribution in [1.29, 1.82) is 0 Å². The molecule has 0 aromatic heterocycles. The first-order valence-electron chi connectivity index (χ1n) is 8.38. The number of carboxylic acid groups (broad SMARTS) is 1. The van der Waals surface area contributed by atoms with E-state index in [1.165, 1.54) is 11.3 Å². The number of anilines is 1. The molecular weight excluding hydrogens is 300 g/mol. The molecular formula is C20H24N2O2. The van der Waals surface area contributed by atoms with Crippen LogP contribution in [0.3, 0.4) is 0 Å².